The number of rotatable bonds is 8. The number of benzene rings is 1. The Morgan fingerprint density at radius 1 is 1.30 bits per heavy atom. The van der Waals surface area contributed by atoms with E-state index < -0.39 is 10.0 Å². The standard InChI is InChI=1S/C15H23NO3S/c1-5-6-7-15(12(2)3)16-20(17,18)14-10-8-13(19-4)9-11-14/h5,8-12,15-16H,1,6-7H2,2-4H3/t15-/m1/s1. The van der Waals surface area contributed by atoms with Crippen molar-refractivity contribution >= 4 is 10.0 Å². The number of hydrogen-bond donors (Lipinski definition) is 1. The van der Waals surface area contributed by atoms with Crippen LogP contribution < -0.4 is 9.46 Å². The molecule has 0 saturated heterocycles. The van der Waals surface area contributed by atoms with Crippen molar-refractivity contribution in [1.29, 1.82) is 0 Å². The zero-order chi connectivity index (χ0) is 15.2. The van der Waals surface area contributed by atoms with E-state index in [-0.39, 0.29) is 16.9 Å². The topological polar surface area (TPSA) is 55.4 Å². The van der Waals surface area contributed by atoms with Gasteiger partial charge in [0.05, 0.1) is 12.0 Å². The van der Waals surface area contributed by atoms with E-state index >= 15 is 0 Å². The minimum absolute atomic E-state index is 0.0971. The van der Waals surface area contributed by atoms with Crippen LogP contribution in [0.3, 0.4) is 0 Å². The molecule has 0 radical (unpaired) electrons. The zero-order valence-electron chi connectivity index (χ0n) is 12.3. The van der Waals surface area contributed by atoms with E-state index in [2.05, 4.69) is 11.3 Å². The summed E-state index contributed by atoms with van der Waals surface area (Å²) < 4.78 is 32.5. The van der Waals surface area contributed by atoms with Crippen molar-refractivity contribution in [3.63, 3.8) is 0 Å². The number of nitrogens with one attached hydrogen (secondary N) is 1. The first kappa shape index (κ1) is 16.7. The van der Waals surface area contributed by atoms with Crippen molar-refractivity contribution in [2.24, 2.45) is 5.92 Å². The van der Waals surface area contributed by atoms with Crippen molar-refractivity contribution in [1.82, 2.24) is 4.72 Å². The summed E-state index contributed by atoms with van der Waals surface area (Å²) >= 11 is 0. The average molecular weight is 297 g/mol. The highest BCUT2D eigenvalue weighted by Gasteiger charge is 2.21. The predicted octanol–water partition coefficient (Wildman–Crippen LogP) is 2.96. The summed E-state index contributed by atoms with van der Waals surface area (Å²) in [4.78, 5) is 0.252. The lowest BCUT2D eigenvalue weighted by atomic mass is 10.0. The van der Waals surface area contributed by atoms with Crippen molar-refractivity contribution in [3.05, 3.63) is 36.9 Å². The van der Waals surface area contributed by atoms with E-state index in [0.717, 1.165) is 12.8 Å². The van der Waals surface area contributed by atoms with Gasteiger partial charge in [-0.15, -0.1) is 6.58 Å². The molecule has 0 aliphatic heterocycles. The minimum atomic E-state index is -3.50. The number of sulfonamides is 1. The summed E-state index contributed by atoms with van der Waals surface area (Å²) in [5.74, 6) is 0.860. The van der Waals surface area contributed by atoms with Crippen LogP contribution in [0.4, 0.5) is 0 Å². The molecule has 0 aliphatic carbocycles. The summed E-state index contributed by atoms with van der Waals surface area (Å²) in [6, 6.07) is 6.28. The zero-order valence-corrected chi connectivity index (χ0v) is 13.1. The van der Waals surface area contributed by atoms with Crippen LogP contribution in [0.1, 0.15) is 26.7 Å². The van der Waals surface area contributed by atoms with E-state index in [0.29, 0.717) is 5.75 Å². The van der Waals surface area contributed by atoms with Gasteiger partial charge in [0.2, 0.25) is 10.0 Å². The molecule has 0 bridgehead atoms. The molecule has 1 aromatic rings. The van der Waals surface area contributed by atoms with Crippen LogP contribution in [0.2, 0.25) is 0 Å². The molecule has 112 valence electrons. The van der Waals surface area contributed by atoms with Gasteiger partial charge in [0, 0.05) is 6.04 Å². The summed E-state index contributed by atoms with van der Waals surface area (Å²) in [5, 5.41) is 0. The second-order valence-electron chi connectivity index (χ2n) is 5.01. The third-order valence-electron chi connectivity index (χ3n) is 3.16. The molecule has 20 heavy (non-hydrogen) atoms. The number of methoxy groups -OCH3 is 1. The molecular weight excluding hydrogens is 274 g/mol. The Bertz CT molecular complexity index is 521. The summed E-state index contributed by atoms with van der Waals surface area (Å²) in [7, 11) is -1.95. The smallest absolute Gasteiger partial charge is 0.240 e. The van der Waals surface area contributed by atoms with Crippen LogP contribution in [0.25, 0.3) is 0 Å². The Labute approximate surface area is 121 Å². The van der Waals surface area contributed by atoms with Crippen LogP contribution in [-0.2, 0) is 10.0 Å². The van der Waals surface area contributed by atoms with Crippen LogP contribution in [0.15, 0.2) is 41.8 Å². The Balaban J connectivity index is 2.87. The second-order valence-corrected chi connectivity index (χ2v) is 6.73. The largest absolute Gasteiger partial charge is 0.497 e. The molecule has 0 fully saturated rings. The maximum Gasteiger partial charge on any atom is 0.240 e. The van der Waals surface area contributed by atoms with Crippen molar-refractivity contribution in [3.8, 4) is 5.75 Å². The van der Waals surface area contributed by atoms with E-state index in [9.17, 15) is 8.42 Å². The summed E-state index contributed by atoms with van der Waals surface area (Å²) in [6.07, 6.45) is 3.33. The number of allylic oxidation sites excluding steroid dienone is 1. The van der Waals surface area contributed by atoms with Gasteiger partial charge in [-0.3, -0.25) is 0 Å². The molecule has 1 aromatic carbocycles. The predicted molar refractivity (Wildman–Crippen MR) is 81.4 cm³/mol. The van der Waals surface area contributed by atoms with Gasteiger partial charge in [0.1, 0.15) is 5.75 Å². The van der Waals surface area contributed by atoms with Gasteiger partial charge < -0.3 is 4.74 Å². The molecular formula is C15H23NO3S. The van der Waals surface area contributed by atoms with Crippen molar-refractivity contribution in [2.45, 2.75) is 37.6 Å². The van der Waals surface area contributed by atoms with Crippen LogP contribution in [0, 0.1) is 5.92 Å². The maximum absolute atomic E-state index is 12.3. The molecule has 5 heteroatoms. The highest BCUT2D eigenvalue weighted by atomic mass is 32.2. The first-order chi connectivity index (χ1) is 9.40. The summed E-state index contributed by atoms with van der Waals surface area (Å²) in [5.41, 5.74) is 0. The third kappa shape index (κ3) is 4.65. The maximum atomic E-state index is 12.3. The molecule has 1 atom stereocenters. The quantitative estimate of drug-likeness (QED) is 0.751. The van der Waals surface area contributed by atoms with Crippen LogP contribution >= 0.6 is 0 Å². The molecule has 1 N–H and O–H groups in total. The Kier molecular flexibility index (Phi) is 6.23. The van der Waals surface area contributed by atoms with E-state index in [4.69, 9.17) is 4.74 Å². The van der Waals surface area contributed by atoms with Gasteiger partial charge in [-0.05, 0) is 43.0 Å². The van der Waals surface area contributed by atoms with Crippen molar-refractivity contribution in [2.75, 3.05) is 7.11 Å². The third-order valence-corrected chi connectivity index (χ3v) is 4.67. The molecule has 1 rings (SSSR count). The second kappa shape index (κ2) is 7.45. The lowest BCUT2D eigenvalue weighted by molar-refractivity contribution is 0.414. The van der Waals surface area contributed by atoms with Crippen LogP contribution in [-0.4, -0.2) is 21.6 Å². The normalized spacial score (nSPS) is 13.2. The van der Waals surface area contributed by atoms with Crippen LogP contribution in [0.5, 0.6) is 5.75 Å². The molecule has 0 aliphatic rings. The molecule has 0 spiro atoms. The lowest BCUT2D eigenvalue weighted by Gasteiger charge is -2.21. The number of ether oxygens (including phenoxy) is 1. The van der Waals surface area contributed by atoms with E-state index in [1.807, 2.05) is 13.8 Å². The van der Waals surface area contributed by atoms with Gasteiger partial charge in [-0.1, -0.05) is 19.9 Å². The molecule has 0 heterocycles. The minimum Gasteiger partial charge on any atom is -0.497 e. The average Bonchev–Trinajstić information content (AvgIpc) is 2.43. The molecule has 4 nitrogen and oxygen atoms in total. The fourth-order valence-corrected chi connectivity index (χ4v) is 3.27. The highest BCUT2D eigenvalue weighted by molar-refractivity contribution is 7.89. The highest BCUT2D eigenvalue weighted by Crippen LogP contribution is 2.18. The fourth-order valence-electron chi connectivity index (χ4n) is 1.85. The Morgan fingerprint density at radius 3 is 2.35 bits per heavy atom. The van der Waals surface area contributed by atoms with E-state index in [1.165, 1.54) is 0 Å². The molecule has 0 amide bonds. The molecule has 0 saturated carbocycles. The first-order valence-electron chi connectivity index (χ1n) is 6.68. The molecule has 0 unspecified atom stereocenters. The summed E-state index contributed by atoms with van der Waals surface area (Å²) in [6.45, 7) is 7.68. The molecule has 0 aromatic heterocycles. The van der Waals surface area contributed by atoms with Gasteiger partial charge in [-0.25, -0.2) is 13.1 Å². The van der Waals surface area contributed by atoms with E-state index in [1.54, 1.807) is 37.5 Å². The number of hydrogen-bond acceptors (Lipinski definition) is 3. The SMILES string of the molecule is C=CCC[C@@H](NS(=O)(=O)c1ccc(OC)cc1)C(C)C. The Morgan fingerprint density at radius 2 is 1.90 bits per heavy atom. The first-order valence-corrected chi connectivity index (χ1v) is 8.16. The lowest BCUT2D eigenvalue weighted by Crippen LogP contribution is -2.38. The fraction of sp³-hybridized carbons (Fsp3) is 0.467. The van der Waals surface area contributed by atoms with Gasteiger partial charge in [0.25, 0.3) is 0 Å². The van der Waals surface area contributed by atoms with Gasteiger partial charge in [0.15, 0.2) is 0 Å². The van der Waals surface area contributed by atoms with Crippen molar-refractivity contribution < 1.29 is 13.2 Å². The monoisotopic (exact) mass is 297 g/mol. The Hall–Kier alpha value is -1.33. The van der Waals surface area contributed by atoms with Gasteiger partial charge >= 0.3 is 0 Å². The van der Waals surface area contributed by atoms with Gasteiger partial charge in [-0.2, -0.15) is 0 Å².